The zero-order chi connectivity index (χ0) is 21.2. The monoisotopic (exact) mass is 445 g/mol. The average Bonchev–Trinajstić information content (AvgIpc) is 2.98. The number of aromatic nitrogens is 4. The Morgan fingerprint density at radius 3 is 2.97 bits per heavy atom. The predicted octanol–water partition coefficient (Wildman–Crippen LogP) is 3.38. The molecule has 1 amide bonds. The molecule has 5 rings (SSSR count). The Balaban J connectivity index is 1.40. The fourth-order valence-electron chi connectivity index (χ4n) is 4.84. The zero-order valence-corrected chi connectivity index (χ0v) is 18.2. The molecule has 0 unspecified atom stereocenters. The van der Waals surface area contributed by atoms with E-state index >= 15 is 0 Å². The minimum atomic E-state index is -0.312. The van der Waals surface area contributed by atoms with Crippen LogP contribution < -0.4 is 5.32 Å². The summed E-state index contributed by atoms with van der Waals surface area (Å²) in [5.41, 5.74) is 3.23. The number of nitrogens with one attached hydrogen (secondary N) is 1. The lowest BCUT2D eigenvalue weighted by Gasteiger charge is -2.15. The Kier molecular flexibility index (Phi) is 4.41. The molecule has 1 saturated carbocycles. The van der Waals surface area contributed by atoms with Gasteiger partial charge in [0.2, 0.25) is 5.91 Å². The molecule has 2 aromatic heterocycles. The van der Waals surface area contributed by atoms with E-state index in [-0.39, 0.29) is 29.5 Å². The van der Waals surface area contributed by atoms with Crippen LogP contribution in [-0.4, -0.2) is 24.8 Å². The van der Waals surface area contributed by atoms with E-state index in [0.717, 1.165) is 23.4 Å². The molecule has 156 valence electrons. The smallest absolute Gasteiger partial charge is 0.226 e. The summed E-state index contributed by atoms with van der Waals surface area (Å²) in [6, 6.07) is 4.73. The third kappa shape index (κ3) is 2.93. The molecular formula is C21H21ClFN5OS. The van der Waals surface area contributed by atoms with Crippen LogP contribution in [-0.2, 0) is 43.8 Å². The minimum Gasteiger partial charge on any atom is -0.352 e. The van der Waals surface area contributed by atoms with Crippen LogP contribution in [0.25, 0.3) is 0 Å². The fraction of sp³-hybridized carbons (Fsp3) is 0.381. The Morgan fingerprint density at radius 2 is 2.23 bits per heavy atom. The van der Waals surface area contributed by atoms with Gasteiger partial charge in [-0.05, 0) is 42.4 Å². The normalized spacial score (nSPS) is 21.4. The second kappa shape index (κ2) is 6.78. The molecule has 3 heterocycles. The maximum absolute atomic E-state index is 14.6. The Hall–Kier alpha value is -2.45. The molecule has 0 saturated heterocycles. The number of aryl methyl sites for hydroxylation is 1. The standard InChI is InChI=1S/C21H21ClFN5OS/c1-26-10-12(9-25-26)8-24-18(29)6-17-19-15-7-21(15,11-28(19)20(30)27(17)2)14-5-13(22)3-4-16(14)23/h3-5,9-10,15H,6-8,11H2,1-2H3,(H,24,29)/t15-,21+/m0/s1. The number of amides is 1. The van der Waals surface area contributed by atoms with Gasteiger partial charge in [-0.3, -0.25) is 9.48 Å². The average molecular weight is 446 g/mol. The third-order valence-electron chi connectivity index (χ3n) is 6.40. The van der Waals surface area contributed by atoms with Gasteiger partial charge >= 0.3 is 0 Å². The number of fused-ring (bicyclic) bond motifs is 3. The highest BCUT2D eigenvalue weighted by Crippen LogP contribution is 2.66. The van der Waals surface area contributed by atoms with Crippen LogP contribution in [0.2, 0.25) is 5.02 Å². The molecule has 1 aliphatic heterocycles. The summed E-state index contributed by atoms with van der Waals surface area (Å²) in [6.07, 6.45) is 4.67. The molecule has 2 aliphatic rings. The van der Waals surface area contributed by atoms with Crippen LogP contribution in [0.1, 0.15) is 34.9 Å². The van der Waals surface area contributed by atoms with Crippen molar-refractivity contribution in [2.75, 3.05) is 0 Å². The van der Waals surface area contributed by atoms with E-state index in [1.165, 1.54) is 6.07 Å². The lowest BCUT2D eigenvalue weighted by atomic mass is 9.93. The highest BCUT2D eigenvalue weighted by molar-refractivity contribution is 7.71. The molecule has 0 bridgehead atoms. The van der Waals surface area contributed by atoms with Gasteiger partial charge in [-0.2, -0.15) is 5.10 Å². The number of rotatable bonds is 5. The van der Waals surface area contributed by atoms with Crippen LogP contribution in [0.4, 0.5) is 4.39 Å². The summed E-state index contributed by atoms with van der Waals surface area (Å²) in [7, 11) is 3.73. The van der Waals surface area contributed by atoms with Crippen molar-refractivity contribution in [3.8, 4) is 0 Å². The lowest BCUT2D eigenvalue weighted by Crippen LogP contribution is -2.25. The van der Waals surface area contributed by atoms with Gasteiger partial charge in [-0.25, -0.2) is 4.39 Å². The van der Waals surface area contributed by atoms with E-state index in [9.17, 15) is 9.18 Å². The summed E-state index contributed by atoms with van der Waals surface area (Å²) >= 11 is 11.8. The van der Waals surface area contributed by atoms with Crippen molar-refractivity contribution in [2.45, 2.75) is 37.3 Å². The van der Waals surface area contributed by atoms with E-state index in [2.05, 4.69) is 15.0 Å². The molecular weight excluding hydrogens is 425 g/mol. The Morgan fingerprint density at radius 1 is 1.43 bits per heavy atom. The van der Waals surface area contributed by atoms with Crippen molar-refractivity contribution in [1.82, 2.24) is 24.2 Å². The summed E-state index contributed by atoms with van der Waals surface area (Å²) < 4.78 is 20.9. The molecule has 1 fully saturated rings. The van der Waals surface area contributed by atoms with Crippen molar-refractivity contribution in [3.63, 3.8) is 0 Å². The second-order valence-electron chi connectivity index (χ2n) is 8.27. The molecule has 1 aliphatic carbocycles. The molecule has 1 aromatic carbocycles. The van der Waals surface area contributed by atoms with E-state index in [0.29, 0.717) is 28.4 Å². The number of hydrogen-bond donors (Lipinski definition) is 1. The largest absolute Gasteiger partial charge is 0.352 e. The molecule has 6 nitrogen and oxygen atoms in total. The van der Waals surface area contributed by atoms with Gasteiger partial charge < -0.3 is 14.5 Å². The van der Waals surface area contributed by atoms with Crippen LogP contribution in [0, 0.1) is 10.6 Å². The van der Waals surface area contributed by atoms with Crippen LogP contribution in [0.15, 0.2) is 30.6 Å². The first-order valence-electron chi connectivity index (χ1n) is 9.78. The van der Waals surface area contributed by atoms with Crippen LogP contribution in [0.3, 0.4) is 0 Å². The summed E-state index contributed by atoms with van der Waals surface area (Å²) in [5, 5.41) is 7.59. The van der Waals surface area contributed by atoms with Crippen LogP contribution in [0.5, 0.6) is 0 Å². The lowest BCUT2D eigenvalue weighted by molar-refractivity contribution is -0.120. The van der Waals surface area contributed by atoms with E-state index in [4.69, 9.17) is 23.8 Å². The fourth-order valence-corrected chi connectivity index (χ4v) is 5.28. The SMILES string of the molecule is Cn1cc(CNC(=O)Cc2c3n(c(=S)n2C)C[C@@]2(c4cc(Cl)ccc4F)C[C@@H]32)cn1. The predicted molar refractivity (Wildman–Crippen MR) is 113 cm³/mol. The molecule has 1 N–H and O–H groups in total. The summed E-state index contributed by atoms with van der Waals surface area (Å²) in [5.74, 6) is -0.168. The van der Waals surface area contributed by atoms with Crippen molar-refractivity contribution >= 4 is 29.7 Å². The molecule has 0 spiro atoms. The van der Waals surface area contributed by atoms with Gasteiger partial charge in [0, 0.05) is 66.7 Å². The first kappa shape index (κ1) is 19.5. The van der Waals surface area contributed by atoms with Gasteiger partial charge in [0.15, 0.2) is 4.77 Å². The first-order chi connectivity index (χ1) is 14.3. The van der Waals surface area contributed by atoms with E-state index in [1.807, 2.05) is 24.9 Å². The highest BCUT2D eigenvalue weighted by atomic mass is 35.5. The van der Waals surface area contributed by atoms with Crippen molar-refractivity contribution < 1.29 is 9.18 Å². The Bertz CT molecular complexity index is 1240. The second-order valence-corrected chi connectivity index (χ2v) is 9.07. The van der Waals surface area contributed by atoms with E-state index in [1.54, 1.807) is 23.0 Å². The molecule has 30 heavy (non-hydrogen) atoms. The molecule has 0 radical (unpaired) electrons. The van der Waals surface area contributed by atoms with Gasteiger partial charge in [0.05, 0.1) is 12.6 Å². The number of halogens is 2. The minimum absolute atomic E-state index is 0.0788. The quantitative estimate of drug-likeness (QED) is 0.612. The number of nitrogens with zero attached hydrogens (tertiary/aromatic N) is 4. The zero-order valence-electron chi connectivity index (χ0n) is 16.7. The first-order valence-corrected chi connectivity index (χ1v) is 10.6. The molecule has 9 heteroatoms. The highest BCUT2D eigenvalue weighted by Gasteiger charge is 2.63. The van der Waals surface area contributed by atoms with Gasteiger partial charge in [0.25, 0.3) is 0 Å². The topological polar surface area (TPSA) is 56.8 Å². The van der Waals surface area contributed by atoms with Crippen molar-refractivity contribution in [3.05, 3.63) is 68.7 Å². The van der Waals surface area contributed by atoms with Gasteiger partial charge in [0.1, 0.15) is 5.82 Å². The van der Waals surface area contributed by atoms with E-state index < -0.39 is 0 Å². The maximum atomic E-state index is 14.6. The maximum Gasteiger partial charge on any atom is 0.226 e. The Labute approximate surface area is 183 Å². The summed E-state index contributed by atoms with van der Waals surface area (Å²) in [4.78, 5) is 12.7. The molecule has 2 atom stereocenters. The number of hydrogen-bond acceptors (Lipinski definition) is 3. The number of carbonyl (C=O) groups is 1. The van der Waals surface area contributed by atoms with Crippen molar-refractivity contribution in [2.24, 2.45) is 14.1 Å². The summed E-state index contributed by atoms with van der Waals surface area (Å²) in [6.45, 7) is 1.04. The third-order valence-corrected chi connectivity index (χ3v) is 7.12. The number of carbonyl (C=O) groups excluding carboxylic acids is 1. The van der Waals surface area contributed by atoms with Gasteiger partial charge in [-0.15, -0.1) is 0 Å². The number of imidazole rings is 1. The molecule has 3 aromatic rings. The van der Waals surface area contributed by atoms with Gasteiger partial charge in [-0.1, -0.05) is 11.6 Å². The number of benzene rings is 1. The van der Waals surface area contributed by atoms with Crippen molar-refractivity contribution in [1.29, 1.82) is 0 Å². The van der Waals surface area contributed by atoms with Crippen LogP contribution >= 0.6 is 23.8 Å².